The number of aromatic nitrogens is 4. The molecule has 0 spiro atoms. The van der Waals surface area contributed by atoms with Gasteiger partial charge in [-0.25, -0.2) is 4.68 Å². The summed E-state index contributed by atoms with van der Waals surface area (Å²) in [5.41, 5.74) is 2.52. The molecule has 0 bridgehead atoms. The van der Waals surface area contributed by atoms with E-state index < -0.39 is 17.6 Å². The lowest BCUT2D eigenvalue weighted by molar-refractivity contribution is -0.137. The average Bonchev–Trinajstić information content (AvgIpc) is 3.39. The van der Waals surface area contributed by atoms with Crippen molar-refractivity contribution in [2.75, 3.05) is 5.32 Å². The Bertz CT molecular complexity index is 1300. The van der Waals surface area contributed by atoms with E-state index in [1.54, 1.807) is 0 Å². The third-order valence-corrected chi connectivity index (χ3v) is 5.19. The van der Waals surface area contributed by atoms with Crippen molar-refractivity contribution in [1.82, 2.24) is 19.6 Å². The molecule has 2 aromatic heterocycles. The quantitative estimate of drug-likeness (QED) is 0.411. The number of benzene rings is 2. The first kappa shape index (κ1) is 23.1. The molecule has 1 N–H and O–H groups in total. The molecule has 0 aliphatic rings. The van der Waals surface area contributed by atoms with Gasteiger partial charge in [0.2, 0.25) is 0 Å². The van der Waals surface area contributed by atoms with Crippen molar-refractivity contribution in [2.24, 2.45) is 0 Å². The first-order chi connectivity index (χ1) is 16.2. The standard InChI is InChI=1S/C24H22F3N5O2/c1-16-22(17(2)32(29-16)14-18-7-4-3-5-8-18)28-23(33)21-11-12-31(30-21)15-34-20-10-6-9-19(13-20)24(25,26)27/h3-13H,14-15H2,1-2H3,(H,28,33). The number of amides is 1. The van der Waals surface area contributed by atoms with Crippen molar-refractivity contribution in [3.8, 4) is 5.75 Å². The summed E-state index contributed by atoms with van der Waals surface area (Å²) in [5, 5.41) is 11.5. The summed E-state index contributed by atoms with van der Waals surface area (Å²) in [4.78, 5) is 12.7. The van der Waals surface area contributed by atoms with Crippen molar-refractivity contribution in [1.29, 1.82) is 0 Å². The van der Waals surface area contributed by atoms with Crippen molar-refractivity contribution >= 4 is 11.6 Å². The molecule has 2 aromatic carbocycles. The van der Waals surface area contributed by atoms with E-state index >= 15 is 0 Å². The van der Waals surface area contributed by atoms with Gasteiger partial charge in [0.05, 0.1) is 29.2 Å². The predicted octanol–water partition coefficient (Wildman–Crippen LogP) is 5.05. The number of carbonyl (C=O) groups excluding carboxylic acids is 1. The lowest BCUT2D eigenvalue weighted by atomic mass is 10.2. The molecule has 7 nitrogen and oxygen atoms in total. The highest BCUT2D eigenvalue weighted by molar-refractivity contribution is 6.03. The number of halogens is 3. The predicted molar refractivity (Wildman–Crippen MR) is 119 cm³/mol. The lowest BCUT2D eigenvalue weighted by Crippen LogP contribution is -2.15. The fraction of sp³-hybridized carbons (Fsp3) is 0.208. The van der Waals surface area contributed by atoms with Gasteiger partial charge in [0.15, 0.2) is 12.4 Å². The van der Waals surface area contributed by atoms with Crippen molar-refractivity contribution < 1.29 is 22.7 Å². The van der Waals surface area contributed by atoms with E-state index in [4.69, 9.17) is 4.74 Å². The van der Waals surface area contributed by atoms with E-state index in [-0.39, 0.29) is 18.2 Å². The largest absolute Gasteiger partial charge is 0.471 e. The second-order valence-corrected chi connectivity index (χ2v) is 7.68. The van der Waals surface area contributed by atoms with Crippen LogP contribution in [0.15, 0.2) is 66.9 Å². The molecule has 1 amide bonds. The molecule has 10 heteroatoms. The number of aryl methyl sites for hydroxylation is 1. The number of alkyl halides is 3. The molecule has 0 fully saturated rings. The third-order valence-electron chi connectivity index (χ3n) is 5.19. The number of ether oxygens (including phenoxy) is 1. The Morgan fingerprint density at radius 3 is 2.53 bits per heavy atom. The van der Waals surface area contributed by atoms with Crippen LogP contribution in [0, 0.1) is 13.8 Å². The van der Waals surface area contributed by atoms with Gasteiger partial charge in [-0.1, -0.05) is 36.4 Å². The summed E-state index contributed by atoms with van der Waals surface area (Å²) >= 11 is 0. The van der Waals surface area contributed by atoms with Crippen molar-refractivity contribution in [3.63, 3.8) is 0 Å². The number of anilines is 1. The minimum Gasteiger partial charge on any atom is -0.471 e. The average molecular weight is 469 g/mol. The van der Waals surface area contributed by atoms with Crippen LogP contribution in [0.2, 0.25) is 0 Å². The van der Waals surface area contributed by atoms with Crippen LogP contribution >= 0.6 is 0 Å². The number of nitrogens with zero attached hydrogens (tertiary/aromatic N) is 4. The van der Waals surface area contributed by atoms with E-state index in [2.05, 4.69) is 15.5 Å². The van der Waals surface area contributed by atoms with E-state index in [9.17, 15) is 18.0 Å². The zero-order valence-electron chi connectivity index (χ0n) is 18.5. The maximum atomic E-state index is 12.8. The number of nitrogens with one attached hydrogen (secondary N) is 1. The Hall–Kier alpha value is -4.08. The topological polar surface area (TPSA) is 74.0 Å². The van der Waals surface area contributed by atoms with Crippen LogP contribution in [0.1, 0.15) is 33.0 Å². The van der Waals surface area contributed by atoms with Gasteiger partial charge in [-0.2, -0.15) is 23.4 Å². The first-order valence-corrected chi connectivity index (χ1v) is 10.4. The van der Waals surface area contributed by atoms with E-state index in [1.807, 2.05) is 48.9 Å². The Kier molecular flexibility index (Phi) is 6.40. The summed E-state index contributed by atoms with van der Waals surface area (Å²) in [5.74, 6) is -0.378. The van der Waals surface area contributed by atoms with Gasteiger partial charge in [-0.05, 0) is 43.7 Å². The van der Waals surface area contributed by atoms with Crippen LogP contribution in [-0.4, -0.2) is 25.5 Å². The summed E-state index contributed by atoms with van der Waals surface area (Å²) in [6.45, 7) is 4.11. The van der Waals surface area contributed by atoms with Crippen LogP contribution in [0.25, 0.3) is 0 Å². The summed E-state index contributed by atoms with van der Waals surface area (Å²) in [6, 6.07) is 15.9. The Labute approximate surface area is 193 Å². The molecule has 0 aliphatic carbocycles. The zero-order valence-corrected chi connectivity index (χ0v) is 18.5. The molecular weight excluding hydrogens is 447 g/mol. The highest BCUT2D eigenvalue weighted by atomic mass is 19.4. The monoisotopic (exact) mass is 469 g/mol. The van der Waals surface area contributed by atoms with Crippen LogP contribution < -0.4 is 10.1 Å². The third kappa shape index (κ3) is 5.28. The van der Waals surface area contributed by atoms with Crippen molar-refractivity contribution in [3.05, 3.63) is 95.1 Å². The fourth-order valence-corrected chi connectivity index (χ4v) is 3.42. The summed E-state index contributed by atoms with van der Waals surface area (Å²) < 4.78 is 47.1. The SMILES string of the molecule is Cc1nn(Cc2ccccc2)c(C)c1NC(=O)c1ccn(COc2cccc(C(F)(F)F)c2)n1. The van der Waals surface area contributed by atoms with E-state index in [0.29, 0.717) is 17.9 Å². The highest BCUT2D eigenvalue weighted by Crippen LogP contribution is 2.31. The Morgan fingerprint density at radius 1 is 1.03 bits per heavy atom. The molecule has 0 radical (unpaired) electrons. The minimum absolute atomic E-state index is 0.0495. The maximum Gasteiger partial charge on any atom is 0.416 e. The number of carbonyl (C=O) groups is 1. The lowest BCUT2D eigenvalue weighted by Gasteiger charge is -2.10. The molecule has 0 aliphatic heterocycles. The second kappa shape index (κ2) is 9.42. The molecule has 34 heavy (non-hydrogen) atoms. The molecule has 0 unspecified atom stereocenters. The fourth-order valence-electron chi connectivity index (χ4n) is 3.42. The van der Waals surface area contributed by atoms with E-state index in [1.165, 1.54) is 29.1 Å². The van der Waals surface area contributed by atoms with Gasteiger partial charge in [-0.15, -0.1) is 0 Å². The molecular formula is C24H22F3N5O2. The molecule has 2 heterocycles. The van der Waals surface area contributed by atoms with Crippen LogP contribution in [-0.2, 0) is 19.5 Å². The van der Waals surface area contributed by atoms with Crippen LogP contribution in [0.5, 0.6) is 5.75 Å². The normalized spacial score (nSPS) is 11.4. The molecule has 0 saturated heterocycles. The molecule has 4 aromatic rings. The Morgan fingerprint density at radius 2 is 1.79 bits per heavy atom. The number of hydrogen-bond acceptors (Lipinski definition) is 4. The zero-order chi connectivity index (χ0) is 24.3. The van der Waals surface area contributed by atoms with Gasteiger partial charge in [0.1, 0.15) is 5.75 Å². The maximum absolute atomic E-state index is 12.8. The second-order valence-electron chi connectivity index (χ2n) is 7.68. The minimum atomic E-state index is -4.46. The van der Waals surface area contributed by atoms with Gasteiger partial charge in [0.25, 0.3) is 5.91 Å². The molecule has 176 valence electrons. The van der Waals surface area contributed by atoms with Gasteiger partial charge in [-0.3, -0.25) is 9.48 Å². The Balaban J connectivity index is 1.40. The molecule has 4 rings (SSSR count). The summed E-state index contributed by atoms with van der Waals surface area (Å²) in [7, 11) is 0. The highest BCUT2D eigenvalue weighted by Gasteiger charge is 2.30. The molecule has 0 atom stereocenters. The van der Waals surface area contributed by atoms with E-state index in [0.717, 1.165) is 23.4 Å². The van der Waals surface area contributed by atoms with Gasteiger partial charge in [0, 0.05) is 6.20 Å². The van der Waals surface area contributed by atoms with Crippen LogP contribution in [0.4, 0.5) is 18.9 Å². The number of rotatable bonds is 7. The molecule has 0 saturated carbocycles. The first-order valence-electron chi connectivity index (χ1n) is 10.4. The smallest absolute Gasteiger partial charge is 0.416 e. The van der Waals surface area contributed by atoms with Gasteiger partial charge < -0.3 is 10.1 Å². The van der Waals surface area contributed by atoms with Crippen LogP contribution in [0.3, 0.4) is 0 Å². The number of hydrogen-bond donors (Lipinski definition) is 1. The summed E-state index contributed by atoms with van der Waals surface area (Å²) in [6.07, 6.45) is -2.94. The van der Waals surface area contributed by atoms with Gasteiger partial charge >= 0.3 is 6.18 Å². The van der Waals surface area contributed by atoms with Crippen molar-refractivity contribution in [2.45, 2.75) is 33.3 Å².